The molecule has 0 aliphatic rings. The summed E-state index contributed by atoms with van der Waals surface area (Å²) in [4.78, 5) is 2.23. The highest BCUT2D eigenvalue weighted by molar-refractivity contribution is 5.60. The van der Waals surface area contributed by atoms with Crippen LogP contribution in [-0.4, -0.2) is 26.7 Å². The molecule has 3 nitrogen and oxygen atoms in total. The first kappa shape index (κ1) is 14.8. The van der Waals surface area contributed by atoms with Crippen molar-refractivity contribution in [1.29, 1.82) is 0 Å². The Balaban J connectivity index is 3.01. The predicted molar refractivity (Wildman–Crippen MR) is 78.6 cm³/mol. The minimum Gasteiger partial charge on any atom is -0.495 e. The van der Waals surface area contributed by atoms with Crippen molar-refractivity contribution in [1.82, 2.24) is 0 Å². The molecule has 1 unspecified atom stereocenters. The standard InChI is InChI=1S/C15H26N2O/c1-11(2)13-6-7-14(15(10-13)18-5)17(4)12(3)8-9-16/h6-7,10-12H,8-9,16H2,1-5H3. The predicted octanol–water partition coefficient (Wildman–Crippen LogP) is 2.99. The lowest BCUT2D eigenvalue weighted by Gasteiger charge is -2.28. The zero-order chi connectivity index (χ0) is 13.7. The molecule has 0 amide bonds. The molecule has 0 radical (unpaired) electrons. The van der Waals surface area contributed by atoms with Crippen molar-refractivity contribution in [3.8, 4) is 5.75 Å². The minimum atomic E-state index is 0.411. The van der Waals surface area contributed by atoms with Gasteiger partial charge in [0.25, 0.3) is 0 Å². The summed E-state index contributed by atoms with van der Waals surface area (Å²) in [7, 11) is 3.82. The van der Waals surface area contributed by atoms with Crippen LogP contribution < -0.4 is 15.4 Å². The molecule has 102 valence electrons. The molecule has 18 heavy (non-hydrogen) atoms. The largest absolute Gasteiger partial charge is 0.495 e. The maximum absolute atomic E-state index is 5.62. The molecule has 3 heteroatoms. The van der Waals surface area contributed by atoms with Crippen LogP contribution in [-0.2, 0) is 0 Å². The summed E-state index contributed by atoms with van der Waals surface area (Å²) in [6.07, 6.45) is 0.978. The first-order valence-electron chi connectivity index (χ1n) is 6.62. The van der Waals surface area contributed by atoms with Crippen LogP contribution in [0.2, 0.25) is 0 Å². The summed E-state index contributed by atoms with van der Waals surface area (Å²) < 4.78 is 5.51. The van der Waals surface area contributed by atoms with Crippen molar-refractivity contribution in [3.63, 3.8) is 0 Å². The van der Waals surface area contributed by atoms with Gasteiger partial charge in [0.15, 0.2) is 0 Å². The van der Waals surface area contributed by atoms with Gasteiger partial charge in [-0.3, -0.25) is 0 Å². The second kappa shape index (κ2) is 6.64. The lowest BCUT2D eigenvalue weighted by Crippen LogP contribution is -2.31. The Morgan fingerprint density at radius 3 is 2.44 bits per heavy atom. The smallest absolute Gasteiger partial charge is 0.142 e. The first-order valence-corrected chi connectivity index (χ1v) is 6.62. The van der Waals surface area contributed by atoms with Gasteiger partial charge in [-0.15, -0.1) is 0 Å². The highest BCUT2D eigenvalue weighted by atomic mass is 16.5. The molecule has 0 heterocycles. The van der Waals surface area contributed by atoms with Crippen LogP contribution in [0.1, 0.15) is 38.7 Å². The number of hydrogen-bond donors (Lipinski definition) is 1. The molecule has 1 aromatic carbocycles. The first-order chi connectivity index (χ1) is 8.51. The Labute approximate surface area is 111 Å². The maximum atomic E-state index is 5.62. The zero-order valence-corrected chi connectivity index (χ0v) is 12.2. The number of hydrogen-bond acceptors (Lipinski definition) is 3. The van der Waals surface area contributed by atoms with E-state index >= 15 is 0 Å². The second-order valence-electron chi connectivity index (χ2n) is 5.12. The molecule has 1 atom stereocenters. The van der Waals surface area contributed by atoms with Gasteiger partial charge in [-0.2, -0.15) is 0 Å². The zero-order valence-electron chi connectivity index (χ0n) is 12.2. The summed E-state index contributed by atoms with van der Waals surface area (Å²) in [5.74, 6) is 1.45. The van der Waals surface area contributed by atoms with Gasteiger partial charge in [0.05, 0.1) is 12.8 Å². The molecule has 0 spiro atoms. The highest BCUT2D eigenvalue weighted by Crippen LogP contribution is 2.32. The molecule has 1 rings (SSSR count). The van der Waals surface area contributed by atoms with Gasteiger partial charge in [-0.25, -0.2) is 0 Å². The van der Waals surface area contributed by atoms with Crippen molar-refractivity contribution < 1.29 is 4.74 Å². The lowest BCUT2D eigenvalue weighted by atomic mass is 10.0. The van der Waals surface area contributed by atoms with Crippen LogP contribution in [0.4, 0.5) is 5.69 Å². The number of methoxy groups -OCH3 is 1. The van der Waals surface area contributed by atoms with E-state index in [2.05, 4.69) is 50.9 Å². The van der Waals surface area contributed by atoms with Gasteiger partial charge >= 0.3 is 0 Å². The van der Waals surface area contributed by atoms with Gasteiger partial charge in [0.2, 0.25) is 0 Å². The lowest BCUT2D eigenvalue weighted by molar-refractivity contribution is 0.412. The highest BCUT2D eigenvalue weighted by Gasteiger charge is 2.14. The fourth-order valence-corrected chi connectivity index (χ4v) is 2.02. The van der Waals surface area contributed by atoms with E-state index in [-0.39, 0.29) is 0 Å². The van der Waals surface area contributed by atoms with Crippen molar-refractivity contribution in [2.75, 3.05) is 25.6 Å². The van der Waals surface area contributed by atoms with Crippen molar-refractivity contribution in [2.24, 2.45) is 5.73 Å². The fraction of sp³-hybridized carbons (Fsp3) is 0.600. The van der Waals surface area contributed by atoms with Gasteiger partial charge < -0.3 is 15.4 Å². The summed E-state index contributed by atoms with van der Waals surface area (Å²) in [5, 5.41) is 0. The number of nitrogens with zero attached hydrogens (tertiary/aromatic N) is 1. The molecular weight excluding hydrogens is 224 g/mol. The average molecular weight is 250 g/mol. The fourth-order valence-electron chi connectivity index (χ4n) is 2.02. The Hall–Kier alpha value is -1.22. The van der Waals surface area contributed by atoms with E-state index in [0.29, 0.717) is 18.5 Å². The monoisotopic (exact) mass is 250 g/mol. The van der Waals surface area contributed by atoms with Crippen molar-refractivity contribution in [3.05, 3.63) is 23.8 Å². The van der Waals surface area contributed by atoms with E-state index in [1.54, 1.807) is 7.11 Å². The van der Waals surface area contributed by atoms with E-state index in [1.807, 2.05) is 0 Å². The molecule has 0 saturated heterocycles. The van der Waals surface area contributed by atoms with Crippen LogP contribution in [0, 0.1) is 0 Å². The minimum absolute atomic E-state index is 0.411. The van der Waals surface area contributed by atoms with E-state index in [9.17, 15) is 0 Å². The maximum Gasteiger partial charge on any atom is 0.142 e. The Morgan fingerprint density at radius 1 is 1.28 bits per heavy atom. The molecule has 0 saturated carbocycles. The number of rotatable bonds is 6. The third kappa shape index (κ3) is 3.39. The van der Waals surface area contributed by atoms with Gasteiger partial charge in [-0.05, 0) is 43.5 Å². The van der Waals surface area contributed by atoms with E-state index in [1.165, 1.54) is 5.56 Å². The molecular formula is C15H26N2O. The molecule has 0 bridgehead atoms. The molecule has 0 aliphatic carbocycles. The third-order valence-electron chi connectivity index (χ3n) is 3.50. The SMILES string of the molecule is COc1cc(C(C)C)ccc1N(C)C(C)CCN. The van der Waals surface area contributed by atoms with Crippen molar-refractivity contribution in [2.45, 2.75) is 39.2 Å². The number of nitrogens with two attached hydrogens (primary N) is 1. The molecule has 0 aromatic heterocycles. The van der Waals surface area contributed by atoms with E-state index in [0.717, 1.165) is 17.9 Å². The van der Waals surface area contributed by atoms with Gasteiger partial charge in [0, 0.05) is 13.1 Å². The third-order valence-corrected chi connectivity index (χ3v) is 3.50. The number of anilines is 1. The quantitative estimate of drug-likeness (QED) is 0.843. The van der Waals surface area contributed by atoms with Crippen LogP contribution >= 0.6 is 0 Å². The van der Waals surface area contributed by atoms with Crippen LogP contribution in [0.15, 0.2) is 18.2 Å². The summed E-state index contributed by atoms with van der Waals surface area (Å²) >= 11 is 0. The summed E-state index contributed by atoms with van der Waals surface area (Å²) in [6, 6.07) is 6.86. The summed E-state index contributed by atoms with van der Waals surface area (Å²) in [6.45, 7) is 7.27. The molecule has 2 N–H and O–H groups in total. The average Bonchev–Trinajstić information content (AvgIpc) is 2.37. The Kier molecular flexibility index (Phi) is 5.48. The Bertz CT molecular complexity index is 377. The van der Waals surface area contributed by atoms with E-state index in [4.69, 9.17) is 10.5 Å². The van der Waals surface area contributed by atoms with Gasteiger partial charge in [0.1, 0.15) is 5.75 Å². The van der Waals surface area contributed by atoms with Crippen LogP contribution in [0.5, 0.6) is 5.75 Å². The molecule has 0 fully saturated rings. The molecule has 1 aromatic rings. The van der Waals surface area contributed by atoms with Gasteiger partial charge in [-0.1, -0.05) is 19.9 Å². The topological polar surface area (TPSA) is 38.5 Å². The Morgan fingerprint density at radius 2 is 1.94 bits per heavy atom. The molecule has 0 aliphatic heterocycles. The van der Waals surface area contributed by atoms with Crippen LogP contribution in [0.25, 0.3) is 0 Å². The number of ether oxygens (including phenoxy) is 1. The number of benzene rings is 1. The normalized spacial score (nSPS) is 12.6. The van der Waals surface area contributed by atoms with Crippen LogP contribution in [0.3, 0.4) is 0 Å². The van der Waals surface area contributed by atoms with Crippen molar-refractivity contribution >= 4 is 5.69 Å². The second-order valence-corrected chi connectivity index (χ2v) is 5.12. The summed E-state index contributed by atoms with van der Waals surface area (Å²) in [5.41, 5.74) is 8.05. The van der Waals surface area contributed by atoms with E-state index < -0.39 is 0 Å².